The zero-order valence-electron chi connectivity index (χ0n) is 9.89. The van der Waals surface area contributed by atoms with Gasteiger partial charge in [-0.1, -0.05) is 10.2 Å². The third kappa shape index (κ3) is 1.82. The highest BCUT2D eigenvalue weighted by Gasteiger charge is 2.57. The molecule has 0 bridgehead atoms. The van der Waals surface area contributed by atoms with Crippen molar-refractivity contribution in [2.24, 2.45) is 21.1 Å². The summed E-state index contributed by atoms with van der Waals surface area (Å²) in [5.74, 6) is 0. The van der Waals surface area contributed by atoms with Gasteiger partial charge in [-0.25, -0.2) is 0 Å². The lowest BCUT2D eigenvalue weighted by Gasteiger charge is -2.35. The van der Waals surface area contributed by atoms with Crippen molar-refractivity contribution in [3.63, 3.8) is 0 Å². The van der Waals surface area contributed by atoms with Crippen molar-refractivity contribution < 1.29 is 0 Å². The number of hydrogen-bond acceptors (Lipinski definition) is 6. The fraction of sp³-hybridized carbons (Fsp3) is 0.400. The van der Waals surface area contributed by atoms with Crippen LogP contribution >= 0.6 is 0 Å². The molecule has 1 aliphatic rings. The van der Waals surface area contributed by atoms with E-state index in [1.807, 2.05) is 0 Å². The Morgan fingerprint density at radius 3 is 1.30 bits per heavy atom. The molecule has 0 heterocycles. The van der Waals surface area contributed by atoms with Gasteiger partial charge in [0.15, 0.2) is 10.8 Å². The average Bonchev–Trinajstić information content (AvgIpc) is 2.49. The molecule has 0 saturated heterocycles. The van der Waals surface area contributed by atoms with E-state index in [0.29, 0.717) is 0 Å². The van der Waals surface area contributed by atoms with E-state index in [4.69, 9.17) is 11.1 Å². The van der Waals surface area contributed by atoms with Crippen LogP contribution in [0.4, 0.5) is 0 Å². The van der Waals surface area contributed by atoms with Crippen LogP contribution in [0.5, 0.6) is 0 Å². The van der Waals surface area contributed by atoms with Gasteiger partial charge in [0.25, 0.3) is 0 Å². The third-order valence-corrected chi connectivity index (χ3v) is 3.02. The molecule has 0 aromatic heterocycles. The fourth-order valence-corrected chi connectivity index (χ4v) is 1.89. The smallest absolute Gasteiger partial charge is 0.179 e. The monoisotopic (exact) mass is 264 g/mol. The van der Waals surface area contributed by atoms with Crippen LogP contribution in [0.3, 0.4) is 0 Å². The molecule has 10 heteroatoms. The van der Waals surface area contributed by atoms with Gasteiger partial charge in [-0.15, -0.1) is 0 Å². The largest absolute Gasteiger partial charge is 0.196 e. The zero-order chi connectivity index (χ0) is 15.2. The van der Waals surface area contributed by atoms with Crippen molar-refractivity contribution in [2.45, 2.75) is 12.8 Å². The summed E-state index contributed by atoms with van der Waals surface area (Å²) in [7, 11) is 0. The van der Waals surface area contributed by atoms with Gasteiger partial charge in [-0.2, -0.15) is 21.0 Å². The highest BCUT2D eigenvalue weighted by Crippen LogP contribution is 2.52. The number of nitriles is 4. The molecule has 0 aromatic rings. The van der Waals surface area contributed by atoms with Crippen LogP contribution < -0.4 is 0 Å². The van der Waals surface area contributed by atoms with E-state index in [0.717, 1.165) is 0 Å². The normalized spacial score (nSPS) is 18.0. The van der Waals surface area contributed by atoms with Crippen LogP contribution in [-0.2, 0) is 0 Å². The second-order valence-corrected chi connectivity index (χ2v) is 3.88. The summed E-state index contributed by atoms with van der Waals surface area (Å²) >= 11 is 0. The predicted octanol–water partition coefficient (Wildman–Crippen LogP) is 2.68. The summed E-state index contributed by atoms with van der Waals surface area (Å²) in [6.07, 6.45) is -0.918. The van der Waals surface area contributed by atoms with Crippen LogP contribution in [0.25, 0.3) is 20.9 Å². The molecule has 0 saturated carbocycles. The summed E-state index contributed by atoms with van der Waals surface area (Å²) < 4.78 is 0. The lowest BCUT2D eigenvalue weighted by molar-refractivity contribution is 0.270. The molecule has 10 nitrogen and oxygen atoms in total. The maximum Gasteiger partial charge on any atom is 0.179 e. The Morgan fingerprint density at radius 1 is 0.800 bits per heavy atom. The van der Waals surface area contributed by atoms with Gasteiger partial charge in [0, 0.05) is 34.1 Å². The minimum Gasteiger partial charge on any atom is -0.196 e. The quantitative estimate of drug-likeness (QED) is 0.420. The van der Waals surface area contributed by atoms with Gasteiger partial charge in [0.1, 0.15) is 0 Å². The number of nitrogens with zero attached hydrogens (tertiary/aromatic N) is 10. The van der Waals surface area contributed by atoms with Crippen molar-refractivity contribution >= 4 is 0 Å². The zero-order valence-corrected chi connectivity index (χ0v) is 9.89. The molecule has 20 heavy (non-hydrogen) atoms. The topological polar surface area (TPSA) is 193 Å². The van der Waals surface area contributed by atoms with Crippen molar-refractivity contribution in [3.8, 4) is 24.3 Å². The maximum absolute atomic E-state index is 9.21. The molecule has 0 aliphatic heterocycles. The second-order valence-electron chi connectivity index (χ2n) is 3.88. The van der Waals surface area contributed by atoms with Crippen molar-refractivity contribution in [3.05, 3.63) is 32.3 Å². The standard InChI is InChI=1S/C10H4N10/c11-3-9(4-12)1-7(17-19-15)8(18-20-16)2-10(9,5-13)6-14/h1-2H2. The summed E-state index contributed by atoms with van der Waals surface area (Å²) in [5, 5.41) is 43.4. The van der Waals surface area contributed by atoms with E-state index in [-0.39, 0.29) is 11.4 Å². The Morgan fingerprint density at radius 2 is 1.10 bits per heavy atom. The second kappa shape index (κ2) is 5.31. The molecule has 0 radical (unpaired) electrons. The molecule has 94 valence electrons. The van der Waals surface area contributed by atoms with Gasteiger partial charge in [-0.05, 0) is 11.1 Å². The van der Waals surface area contributed by atoms with Crippen molar-refractivity contribution in [1.82, 2.24) is 0 Å². The number of hydrogen-bond donors (Lipinski definition) is 0. The van der Waals surface area contributed by atoms with Gasteiger partial charge >= 0.3 is 0 Å². The Bertz CT molecular complexity index is 641. The van der Waals surface area contributed by atoms with Gasteiger partial charge < -0.3 is 0 Å². The van der Waals surface area contributed by atoms with E-state index < -0.39 is 23.7 Å². The summed E-state index contributed by atoms with van der Waals surface area (Å²) in [6, 6.07) is 6.61. The Hall–Kier alpha value is -3.68. The first-order valence-electron chi connectivity index (χ1n) is 5.06. The van der Waals surface area contributed by atoms with E-state index in [9.17, 15) is 21.0 Å². The molecule has 1 rings (SSSR count). The molecule has 1 aliphatic carbocycles. The lowest BCUT2D eigenvalue weighted by Crippen LogP contribution is -2.41. The molecule has 0 aromatic carbocycles. The van der Waals surface area contributed by atoms with Crippen molar-refractivity contribution in [2.75, 3.05) is 0 Å². The highest BCUT2D eigenvalue weighted by atomic mass is 15.2. The van der Waals surface area contributed by atoms with Crippen LogP contribution in [0.15, 0.2) is 21.6 Å². The van der Waals surface area contributed by atoms with Crippen LogP contribution in [0, 0.1) is 56.2 Å². The Balaban J connectivity index is 3.72. The predicted molar refractivity (Wildman–Crippen MR) is 61.9 cm³/mol. The minimum absolute atomic E-state index is 0.116. The van der Waals surface area contributed by atoms with Crippen LogP contribution in [-0.4, -0.2) is 0 Å². The van der Waals surface area contributed by atoms with E-state index in [1.54, 1.807) is 24.3 Å². The fourth-order valence-electron chi connectivity index (χ4n) is 1.89. The Kier molecular flexibility index (Phi) is 3.82. The average molecular weight is 264 g/mol. The SMILES string of the molecule is N#CC1(C#N)CC(N=[N+]=[N-])=C(N=[N+]=[N-])CC1(C#N)C#N. The van der Waals surface area contributed by atoms with E-state index in [1.165, 1.54) is 0 Å². The van der Waals surface area contributed by atoms with Crippen LogP contribution in [0.2, 0.25) is 0 Å². The first kappa shape index (κ1) is 14.4. The Labute approximate surface area is 112 Å². The van der Waals surface area contributed by atoms with Gasteiger partial charge in [-0.3, -0.25) is 0 Å². The number of rotatable bonds is 2. The van der Waals surface area contributed by atoms with E-state index >= 15 is 0 Å². The van der Waals surface area contributed by atoms with Crippen molar-refractivity contribution in [1.29, 1.82) is 21.0 Å². The summed E-state index contributed by atoms with van der Waals surface area (Å²) in [6.45, 7) is 0. The van der Waals surface area contributed by atoms with Gasteiger partial charge in [0.2, 0.25) is 0 Å². The third-order valence-electron chi connectivity index (χ3n) is 3.02. The number of allylic oxidation sites excluding steroid dienone is 2. The number of azide groups is 2. The highest BCUT2D eigenvalue weighted by molar-refractivity contribution is 5.42. The molecule has 0 fully saturated rings. The van der Waals surface area contributed by atoms with Gasteiger partial charge in [0.05, 0.1) is 24.3 Å². The summed E-state index contributed by atoms with van der Waals surface area (Å²) in [5.41, 5.74) is 12.7. The van der Waals surface area contributed by atoms with E-state index in [2.05, 4.69) is 20.1 Å². The minimum atomic E-state index is -1.99. The molecule has 0 atom stereocenters. The molecule has 0 unspecified atom stereocenters. The lowest BCUT2D eigenvalue weighted by atomic mass is 9.59. The summed E-state index contributed by atoms with van der Waals surface area (Å²) in [4.78, 5) is 5.05. The first-order valence-corrected chi connectivity index (χ1v) is 5.06. The molecular weight excluding hydrogens is 260 g/mol. The van der Waals surface area contributed by atoms with Crippen LogP contribution in [0.1, 0.15) is 12.8 Å². The first-order chi connectivity index (χ1) is 9.58. The maximum atomic E-state index is 9.21. The molecule has 0 spiro atoms. The molecular formula is C10H4N10. The molecule has 0 amide bonds. The molecule has 0 N–H and O–H groups in total.